The van der Waals surface area contributed by atoms with E-state index in [1.54, 1.807) is 0 Å². The number of imidazole rings is 1. The second kappa shape index (κ2) is 6.60. The van der Waals surface area contributed by atoms with Crippen LogP contribution in [0.3, 0.4) is 0 Å². The maximum Gasteiger partial charge on any atom is 0.315 e. The average Bonchev–Trinajstić information content (AvgIpc) is 3.12. The molecule has 1 fully saturated rings. The number of hydrogen-bond acceptors (Lipinski definition) is 3. The van der Waals surface area contributed by atoms with Crippen LogP contribution in [0.25, 0.3) is 5.65 Å². The Labute approximate surface area is 134 Å². The highest BCUT2D eigenvalue weighted by Gasteiger charge is 2.24. The number of urea groups is 1. The molecule has 2 aromatic rings. The summed E-state index contributed by atoms with van der Waals surface area (Å²) in [5.74, 6) is 0. The number of amides is 2. The second-order valence-corrected chi connectivity index (χ2v) is 6.96. The van der Waals surface area contributed by atoms with Crippen molar-refractivity contribution in [3.05, 3.63) is 35.8 Å². The summed E-state index contributed by atoms with van der Waals surface area (Å²) < 4.78 is 2.04. The number of carbonyl (C=O) groups is 1. The predicted octanol–water partition coefficient (Wildman–Crippen LogP) is 2.73. The Morgan fingerprint density at radius 3 is 3.05 bits per heavy atom. The highest BCUT2D eigenvalue weighted by Crippen LogP contribution is 2.27. The Morgan fingerprint density at radius 2 is 2.32 bits per heavy atom. The molecule has 0 spiro atoms. The van der Waals surface area contributed by atoms with Crippen molar-refractivity contribution in [1.82, 2.24) is 20.0 Å². The summed E-state index contributed by atoms with van der Waals surface area (Å²) in [5.41, 5.74) is 2.92. The molecule has 2 aromatic heterocycles. The van der Waals surface area contributed by atoms with Crippen molar-refractivity contribution in [2.75, 3.05) is 6.26 Å². The van der Waals surface area contributed by atoms with Crippen LogP contribution < -0.4 is 10.6 Å². The van der Waals surface area contributed by atoms with Crippen molar-refractivity contribution in [3.8, 4) is 0 Å². The van der Waals surface area contributed by atoms with Gasteiger partial charge in [0.2, 0.25) is 0 Å². The van der Waals surface area contributed by atoms with Crippen molar-refractivity contribution in [2.24, 2.45) is 0 Å². The minimum atomic E-state index is -0.0967. The van der Waals surface area contributed by atoms with Crippen LogP contribution in [0.4, 0.5) is 4.79 Å². The van der Waals surface area contributed by atoms with E-state index < -0.39 is 0 Å². The van der Waals surface area contributed by atoms with Gasteiger partial charge in [-0.2, -0.15) is 11.8 Å². The van der Waals surface area contributed by atoms with Gasteiger partial charge in [-0.25, -0.2) is 9.78 Å². The second-order valence-electron chi connectivity index (χ2n) is 5.82. The Morgan fingerprint density at radius 1 is 1.45 bits per heavy atom. The number of pyridine rings is 1. The molecule has 6 heteroatoms. The van der Waals surface area contributed by atoms with E-state index in [0.717, 1.165) is 29.9 Å². The van der Waals surface area contributed by atoms with Gasteiger partial charge in [0.25, 0.3) is 0 Å². The van der Waals surface area contributed by atoms with Crippen LogP contribution in [0.2, 0.25) is 0 Å². The number of fused-ring (bicyclic) bond motifs is 1. The molecular formula is C16H22N4OS. The fourth-order valence-electron chi connectivity index (χ4n) is 2.98. The molecule has 0 aliphatic heterocycles. The minimum Gasteiger partial charge on any atom is -0.335 e. The van der Waals surface area contributed by atoms with Gasteiger partial charge >= 0.3 is 6.03 Å². The van der Waals surface area contributed by atoms with Crippen molar-refractivity contribution in [2.45, 2.75) is 44.0 Å². The number of hydrogen-bond donors (Lipinski definition) is 2. The number of thioether (sulfide) groups is 1. The zero-order valence-corrected chi connectivity index (χ0v) is 13.8. The molecular weight excluding hydrogens is 296 g/mol. The quantitative estimate of drug-likeness (QED) is 0.911. The van der Waals surface area contributed by atoms with Crippen LogP contribution in [0, 0.1) is 6.92 Å². The number of rotatable bonds is 4. The van der Waals surface area contributed by atoms with Crippen LogP contribution in [0.15, 0.2) is 24.4 Å². The van der Waals surface area contributed by atoms with Crippen LogP contribution in [-0.2, 0) is 6.54 Å². The van der Waals surface area contributed by atoms with Gasteiger partial charge < -0.3 is 15.0 Å². The van der Waals surface area contributed by atoms with Crippen molar-refractivity contribution in [1.29, 1.82) is 0 Å². The summed E-state index contributed by atoms with van der Waals surface area (Å²) in [6.45, 7) is 2.49. The van der Waals surface area contributed by atoms with Crippen molar-refractivity contribution in [3.63, 3.8) is 0 Å². The Bertz CT molecular complexity index is 669. The van der Waals surface area contributed by atoms with E-state index >= 15 is 0 Å². The van der Waals surface area contributed by atoms with E-state index in [9.17, 15) is 4.79 Å². The summed E-state index contributed by atoms with van der Waals surface area (Å²) in [5, 5.41) is 6.65. The highest BCUT2D eigenvalue weighted by molar-refractivity contribution is 7.99. The lowest BCUT2D eigenvalue weighted by molar-refractivity contribution is 0.236. The van der Waals surface area contributed by atoms with Gasteiger partial charge in [0, 0.05) is 23.2 Å². The maximum atomic E-state index is 12.0. The lowest BCUT2D eigenvalue weighted by Crippen LogP contribution is -2.40. The number of nitrogens with one attached hydrogen (secondary N) is 2. The average molecular weight is 318 g/mol. The molecule has 3 rings (SSSR count). The zero-order chi connectivity index (χ0) is 15.5. The molecule has 1 saturated carbocycles. The van der Waals surface area contributed by atoms with Gasteiger partial charge in [-0.15, -0.1) is 0 Å². The monoisotopic (exact) mass is 318 g/mol. The molecule has 0 bridgehead atoms. The number of carbonyl (C=O) groups excluding carboxylic acids is 1. The smallest absolute Gasteiger partial charge is 0.315 e. The molecule has 22 heavy (non-hydrogen) atoms. The van der Waals surface area contributed by atoms with E-state index in [1.165, 1.54) is 6.42 Å². The van der Waals surface area contributed by atoms with Gasteiger partial charge in [0.05, 0.1) is 12.2 Å². The standard InChI is InChI=1S/C16H22N4OS/c1-11-4-3-5-15-18-13(10-20(11)15)9-17-16(21)19-12-6-7-14(8-12)22-2/h3-5,10,12,14H,6-9H2,1-2H3,(H2,17,19,21)/t12-,14+/m1/s1. The largest absolute Gasteiger partial charge is 0.335 e. The van der Waals surface area contributed by atoms with E-state index in [-0.39, 0.29) is 6.03 Å². The molecule has 2 atom stereocenters. The molecule has 0 aromatic carbocycles. The molecule has 1 aliphatic rings. The van der Waals surface area contributed by atoms with Gasteiger partial charge in [-0.3, -0.25) is 0 Å². The van der Waals surface area contributed by atoms with Gasteiger partial charge in [-0.05, 0) is 44.6 Å². The Hall–Kier alpha value is -1.69. The van der Waals surface area contributed by atoms with Crippen LogP contribution >= 0.6 is 11.8 Å². The molecule has 118 valence electrons. The highest BCUT2D eigenvalue weighted by atomic mass is 32.2. The molecule has 2 amide bonds. The van der Waals surface area contributed by atoms with E-state index in [2.05, 4.69) is 21.9 Å². The number of aryl methyl sites for hydroxylation is 1. The van der Waals surface area contributed by atoms with Crippen LogP contribution in [0.1, 0.15) is 30.7 Å². The molecule has 0 unspecified atom stereocenters. The van der Waals surface area contributed by atoms with Crippen molar-refractivity contribution >= 4 is 23.4 Å². The van der Waals surface area contributed by atoms with E-state index in [1.807, 2.05) is 47.5 Å². The summed E-state index contributed by atoms with van der Waals surface area (Å²) in [6.07, 6.45) is 7.45. The Kier molecular flexibility index (Phi) is 4.57. The first kappa shape index (κ1) is 15.2. The summed E-state index contributed by atoms with van der Waals surface area (Å²) in [4.78, 5) is 16.5. The lowest BCUT2D eigenvalue weighted by atomic mass is 10.2. The van der Waals surface area contributed by atoms with Crippen molar-refractivity contribution < 1.29 is 4.79 Å². The number of nitrogens with zero attached hydrogens (tertiary/aromatic N) is 2. The van der Waals surface area contributed by atoms with Crippen LogP contribution in [-0.4, -0.2) is 33.0 Å². The lowest BCUT2D eigenvalue weighted by Gasteiger charge is -2.13. The molecule has 5 nitrogen and oxygen atoms in total. The van der Waals surface area contributed by atoms with Crippen LogP contribution in [0.5, 0.6) is 0 Å². The first-order valence-electron chi connectivity index (χ1n) is 7.66. The first-order chi connectivity index (χ1) is 10.7. The van der Waals surface area contributed by atoms with Gasteiger partial charge in [-0.1, -0.05) is 6.07 Å². The predicted molar refractivity (Wildman–Crippen MR) is 90.2 cm³/mol. The molecule has 1 aliphatic carbocycles. The van der Waals surface area contributed by atoms with E-state index in [4.69, 9.17) is 0 Å². The zero-order valence-electron chi connectivity index (χ0n) is 13.0. The fraction of sp³-hybridized carbons (Fsp3) is 0.500. The van der Waals surface area contributed by atoms with E-state index in [0.29, 0.717) is 17.8 Å². The SMILES string of the molecule is CS[C@H]1CC[C@@H](NC(=O)NCc2cn3c(C)cccc3n2)C1. The summed E-state index contributed by atoms with van der Waals surface area (Å²) in [7, 11) is 0. The topological polar surface area (TPSA) is 58.4 Å². The van der Waals surface area contributed by atoms with Gasteiger partial charge in [0.1, 0.15) is 5.65 Å². The maximum absolute atomic E-state index is 12.0. The normalized spacial score (nSPS) is 21.2. The molecule has 0 radical (unpaired) electrons. The third-order valence-corrected chi connectivity index (χ3v) is 5.32. The first-order valence-corrected chi connectivity index (χ1v) is 8.95. The fourth-order valence-corrected chi connectivity index (χ4v) is 3.77. The third kappa shape index (κ3) is 3.38. The third-order valence-electron chi connectivity index (χ3n) is 4.23. The summed E-state index contributed by atoms with van der Waals surface area (Å²) >= 11 is 1.89. The number of aromatic nitrogens is 2. The molecule has 0 saturated heterocycles. The van der Waals surface area contributed by atoms with Gasteiger partial charge in [0.15, 0.2) is 0 Å². The molecule has 2 heterocycles. The Balaban J connectivity index is 1.53. The molecule has 2 N–H and O–H groups in total. The minimum absolute atomic E-state index is 0.0967. The summed E-state index contributed by atoms with van der Waals surface area (Å²) in [6, 6.07) is 6.21.